The van der Waals surface area contributed by atoms with Crippen molar-refractivity contribution in [2.75, 3.05) is 0 Å². The van der Waals surface area contributed by atoms with Gasteiger partial charge in [-0.05, 0) is 39.5 Å². The largest absolute Gasteiger partial charge is 0.444 e. The molecule has 1 saturated carbocycles. The van der Waals surface area contributed by atoms with Crippen LogP contribution in [0.5, 0.6) is 0 Å². The Bertz CT molecular complexity index is 305. The van der Waals surface area contributed by atoms with Crippen molar-refractivity contribution in [3.05, 3.63) is 0 Å². The minimum absolute atomic E-state index is 0.126. The molecule has 1 N–H and O–H groups in total. The fourth-order valence-electron chi connectivity index (χ4n) is 2.79. The highest BCUT2D eigenvalue weighted by Gasteiger charge is 2.40. The molecule has 2 aliphatic rings. The molecular formula is C15H27NO3. The van der Waals surface area contributed by atoms with E-state index in [1.807, 2.05) is 20.8 Å². The molecule has 1 heterocycles. The lowest BCUT2D eigenvalue weighted by molar-refractivity contribution is 0.0503. The summed E-state index contributed by atoms with van der Waals surface area (Å²) >= 11 is 0. The van der Waals surface area contributed by atoms with Crippen molar-refractivity contribution in [2.24, 2.45) is 5.92 Å². The van der Waals surface area contributed by atoms with Gasteiger partial charge >= 0.3 is 6.09 Å². The number of hydrogen-bond acceptors (Lipinski definition) is 3. The Morgan fingerprint density at radius 1 is 1.21 bits per heavy atom. The zero-order valence-electron chi connectivity index (χ0n) is 12.4. The maximum atomic E-state index is 11.5. The summed E-state index contributed by atoms with van der Waals surface area (Å²) in [5.74, 6) is 0.875. The highest BCUT2D eigenvalue weighted by molar-refractivity contribution is 5.68. The van der Waals surface area contributed by atoms with E-state index in [0.717, 1.165) is 12.3 Å². The smallest absolute Gasteiger partial charge is 0.409 e. The molecule has 2 atom stereocenters. The molecule has 4 nitrogen and oxygen atoms in total. The first-order chi connectivity index (χ1) is 8.94. The van der Waals surface area contributed by atoms with Gasteiger partial charge in [-0.1, -0.05) is 32.1 Å². The van der Waals surface area contributed by atoms with Gasteiger partial charge in [-0.2, -0.15) is 0 Å². The number of alkyl carbamates (subject to hydrolysis) is 1. The van der Waals surface area contributed by atoms with E-state index in [1.165, 1.54) is 38.5 Å². The second kappa shape index (κ2) is 6.12. The molecule has 0 aromatic heterocycles. The average molecular weight is 269 g/mol. The molecule has 1 aliphatic heterocycles. The van der Waals surface area contributed by atoms with Crippen LogP contribution < -0.4 is 5.32 Å². The normalized spacial score (nSPS) is 27.9. The van der Waals surface area contributed by atoms with Gasteiger partial charge in [0.05, 0.1) is 0 Å². The monoisotopic (exact) mass is 269 g/mol. The van der Waals surface area contributed by atoms with Gasteiger partial charge in [-0.15, -0.1) is 0 Å². The highest BCUT2D eigenvalue weighted by atomic mass is 16.6. The van der Waals surface area contributed by atoms with Crippen molar-refractivity contribution in [3.63, 3.8) is 0 Å². The fraction of sp³-hybridized carbons (Fsp3) is 0.933. The molecule has 2 rings (SSSR count). The van der Waals surface area contributed by atoms with Gasteiger partial charge in [0.15, 0.2) is 6.23 Å². The Morgan fingerprint density at radius 3 is 2.53 bits per heavy atom. The predicted octanol–water partition coefficient (Wildman–Crippen LogP) is 3.60. The molecule has 2 fully saturated rings. The molecule has 110 valence electrons. The van der Waals surface area contributed by atoms with Crippen LogP contribution in [0, 0.1) is 5.92 Å². The quantitative estimate of drug-likeness (QED) is 0.793. The Balaban J connectivity index is 1.58. The average Bonchev–Trinajstić information content (AvgIpc) is 3.03. The molecule has 19 heavy (non-hydrogen) atoms. The lowest BCUT2D eigenvalue weighted by atomic mass is 9.86. The van der Waals surface area contributed by atoms with Crippen molar-refractivity contribution >= 4 is 6.09 Å². The Kier molecular flexibility index (Phi) is 4.71. The third kappa shape index (κ3) is 5.39. The van der Waals surface area contributed by atoms with Gasteiger partial charge in [0.25, 0.3) is 0 Å². The standard InChI is InChI=1S/C15H27NO3/c1-15(2,3)19-14(17)16-13-12(18-13)10-9-11-7-5-4-6-8-11/h11-13H,4-10H2,1-3H3,(H,16,17)/t12-,13-/m0/s1. The van der Waals surface area contributed by atoms with E-state index in [4.69, 9.17) is 9.47 Å². The second-order valence-electron chi connectivity index (χ2n) is 6.82. The molecule has 1 amide bonds. The summed E-state index contributed by atoms with van der Waals surface area (Å²) < 4.78 is 10.7. The van der Waals surface area contributed by atoms with Gasteiger partial charge in [-0.25, -0.2) is 4.79 Å². The molecule has 4 heteroatoms. The van der Waals surface area contributed by atoms with Crippen LogP contribution in [-0.2, 0) is 9.47 Å². The summed E-state index contributed by atoms with van der Waals surface area (Å²) in [6.45, 7) is 5.59. The number of carbonyl (C=O) groups is 1. The van der Waals surface area contributed by atoms with Gasteiger partial charge in [0.1, 0.15) is 11.7 Å². The van der Waals surface area contributed by atoms with Gasteiger partial charge in [-0.3, -0.25) is 5.32 Å². The lowest BCUT2D eigenvalue weighted by Gasteiger charge is -2.21. The van der Waals surface area contributed by atoms with Crippen molar-refractivity contribution in [3.8, 4) is 0 Å². The molecule has 0 radical (unpaired) electrons. The topological polar surface area (TPSA) is 50.9 Å². The summed E-state index contributed by atoms with van der Waals surface area (Å²) in [5.41, 5.74) is -0.448. The zero-order chi connectivity index (χ0) is 13.9. The van der Waals surface area contributed by atoms with Crippen molar-refractivity contribution < 1.29 is 14.3 Å². The van der Waals surface area contributed by atoms with E-state index in [-0.39, 0.29) is 18.4 Å². The van der Waals surface area contributed by atoms with Crippen LogP contribution in [0.4, 0.5) is 4.79 Å². The SMILES string of the molecule is CC(C)(C)OC(=O)N[C@H]1O[C@H]1CCC1CCCCC1. The molecule has 0 aromatic rings. The molecule has 1 aliphatic carbocycles. The number of hydrogen-bond donors (Lipinski definition) is 1. The van der Waals surface area contributed by atoms with E-state index >= 15 is 0 Å². The van der Waals surface area contributed by atoms with Crippen LogP contribution in [0.3, 0.4) is 0 Å². The predicted molar refractivity (Wildman–Crippen MR) is 73.8 cm³/mol. The highest BCUT2D eigenvalue weighted by Crippen LogP contribution is 2.32. The number of rotatable bonds is 4. The fourth-order valence-corrected chi connectivity index (χ4v) is 2.79. The molecule has 0 unspecified atom stereocenters. The third-order valence-corrected chi connectivity index (χ3v) is 3.83. The number of ether oxygens (including phenoxy) is 2. The molecule has 1 saturated heterocycles. The zero-order valence-corrected chi connectivity index (χ0v) is 12.4. The van der Waals surface area contributed by atoms with Crippen LogP contribution in [0.2, 0.25) is 0 Å². The second-order valence-corrected chi connectivity index (χ2v) is 6.82. The van der Waals surface area contributed by atoms with E-state index in [2.05, 4.69) is 5.32 Å². The maximum absolute atomic E-state index is 11.5. The van der Waals surface area contributed by atoms with Gasteiger partial charge in [0, 0.05) is 0 Å². The Labute approximate surface area is 116 Å². The van der Waals surface area contributed by atoms with Crippen molar-refractivity contribution in [1.82, 2.24) is 5.32 Å². The lowest BCUT2D eigenvalue weighted by Crippen LogP contribution is -2.34. The number of nitrogens with one attached hydrogen (secondary N) is 1. The van der Waals surface area contributed by atoms with Gasteiger partial charge < -0.3 is 9.47 Å². The first-order valence-electron chi connectivity index (χ1n) is 7.59. The number of epoxide rings is 1. The Hall–Kier alpha value is -0.770. The maximum Gasteiger partial charge on any atom is 0.409 e. The minimum Gasteiger partial charge on any atom is -0.444 e. The van der Waals surface area contributed by atoms with Crippen LogP contribution in [0.15, 0.2) is 0 Å². The van der Waals surface area contributed by atoms with Crippen molar-refractivity contribution in [2.45, 2.75) is 83.6 Å². The molecule has 0 aromatic carbocycles. The Morgan fingerprint density at radius 2 is 1.89 bits per heavy atom. The summed E-state index contributed by atoms with van der Waals surface area (Å²) in [4.78, 5) is 11.5. The first kappa shape index (κ1) is 14.6. The van der Waals surface area contributed by atoms with E-state index in [9.17, 15) is 4.79 Å². The van der Waals surface area contributed by atoms with E-state index in [0.29, 0.717) is 0 Å². The first-order valence-corrected chi connectivity index (χ1v) is 7.59. The van der Waals surface area contributed by atoms with E-state index in [1.54, 1.807) is 0 Å². The summed E-state index contributed by atoms with van der Waals surface area (Å²) in [6.07, 6.45) is 8.91. The summed E-state index contributed by atoms with van der Waals surface area (Å²) in [7, 11) is 0. The summed E-state index contributed by atoms with van der Waals surface area (Å²) in [5, 5.41) is 2.76. The van der Waals surface area contributed by atoms with Crippen LogP contribution in [0.1, 0.15) is 65.7 Å². The van der Waals surface area contributed by atoms with Crippen molar-refractivity contribution in [1.29, 1.82) is 0 Å². The van der Waals surface area contributed by atoms with Gasteiger partial charge in [0.2, 0.25) is 0 Å². The molecular weight excluding hydrogens is 242 g/mol. The van der Waals surface area contributed by atoms with E-state index < -0.39 is 5.60 Å². The third-order valence-electron chi connectivity index (χ3n) is 3.83. The summed E-state index contributed by atoms with van der Waals surface area (Å²) in [6, 6.07) is 0. The number of carbonyl (C=O) groups excluding carboxylic acids is 1. The number of amides is 1. The van der Waals surface area contributed by atoms with Crippen LogP contribution in [-0.4, -0.2) is 24.0 Å². The molecule has 0 spiro atoms. The molecule has 0 bridgehead atoms. The van der Waals surface area contributed by atoms with Crippen LogP contribution in [0.25, 0.3) is 0 Å². The minimum atomic E-state index is -0.448. The van der Waals surface area contributed by atoms with Crippen LogP contribution >= 0.6 is 0 Å².